The SMILES string of the molecule is O=C(CCOc1ccccc1)NC(CBr)c1ccccc1. The number of hydrogen-bond donors (Lipinski definition) is 1. The third-order valence-corrected chi connectivity index (χ3v) is 3.68. The van der Waals surface area contributed by atoms with Crippen molar-refractivity contribution in [1.82, 2.24) is 5.32 Å². The predicted molar refractivity (Wildman–Crippen MR) is 87.7 cm³/mol. The summed E-state index contributed by atoms with van der Waals surface area (Å²) in [7, 11) is 0. The molecule has 0 radical (unpaired) electrons. The van der Waals surface area contributed by atoms with Crippen LogP contribution in [0.3, 0.4) is 0 Å². The van der Waals surface area contributed by atoms with Gasteiger partial charge in [-0.1, -0.05) is 64.5 Å². The summed E-state index contributed by atoms with van der Waals surface area (Å²) in [6.07, 6.45) is 0.339. The molecule has 0 aliphatic heterocycles. The summed E-state index contributed by atoms with van der Waals surface area (Å²) in [5.41, 5.74) is 1.09. The molecular formula is C17H18BrNO2. The molecule has 0 saturated heterocycles. The van der Waals surface area contributed by atoms with Crippen LogP contribution in [-0.2, 0) is 4.79 Å². The number of amides is 1. The maximum Gasteiger partial charge on any atom is 0.223 e. The van der Waals surface area contributed by atoms with Gasteiger partial charge in [0.2, 0.25) is 5.91 Å². The molecule has 1 unspecified atom stereocenters. The average molecular weight is 348 g/mol. The fourth-order valence-electron chi connectivity index (χ4n) is 1.94. The molecule has 0 aliphatic carbocycles. The van der Waals surface area contributed by atoms with Gasteiger partial charge in [0.1, 0.15) is 5.75 Å². The molecule has 1 N–H and O–H groups in total. The van der Waals surface area contributed by atoms with Gasteiger partial charge in [-0.3, -0.25) is 4.79 Å². The zero-order chi connectivity index (χ0) is 14.9. The zero-order valence-corrected chi connectivity index (χ0v) is 13.3. The topological polar surface area (TPSA) is 38.3 Å². The lowest BCUT2D eigenvalue weighted by Gasteiger charge is -2.16. The van der Waals surface area contributed by atoms with Gasteiger partial charge in [0.05, 0.1) is 19.1 Å². The number of halogens is 1. The monoisotopic (exact) mass is 347 g/mol. The summed E-state index contributed by atoms with van der Waals surface area (Å²) in [6, 6.07) is 19.4. The molecule has 0 aliphatic rings. The van der Waals surface area contributed by atoms with Crippen molar-refractivity contribution in [3.63, 3.8) is 0 Å². The number of benzene rings is 2. The molecule has 2 aromatic rings. The van der Waals surface area contributed by atoms with Crippen molar-refractivity contribution >= 4 is 21.8 Å². The molecule has 2 aromatic carbocycles. The Labute approximate surface area is 133 Å². The van der Waals surface area contributed by atoms with Crippen LogP contribution in [0.4, 0.5) is 0 Å². The third-order valence-electron chi connectivity index (χ3n) is 3.03. The van der Waals surface area contributed by atoms with Crippen molar-refractivity contribution < 1.29 is 9.53 Å². The van der Waals surface area contributed by atoms with Crippen molar-refractivity contribution in [2.75, 3.05) is 11.9 Å². The number of alkyl halides is 1. The first-order valence-corrected chi connectivity index (χ1v) is 8.00. The lowest BCUT2D eigenvalue weighted by atomic mass is 10.1. The molecule has 1 amide bonds. The summed E-state index contributed by atoms with van der Waals surface area (Å²) in [4.78, 5) is 12.0. The Morgan fingerprint density at radius 1 is 1.05 bits per heavy atom. The van der Waals surface area contributed by atoms with E-state index in [0.29, 0.717) is 18.4 Å². The second-order valence-corrected chi connectivity index (χ2v) is 5.24. The second-order valence-electron chi connectivity index (χ2n) is 4.60. The Morgan fingerprint density at radius 2 is 1.67 bits per heavy atom. The number of ether oxygens (including phenoxy) is 1. The van der Waals surface area contributed by atoms with Crippen LogP contribution in [0.2, 0.25) is 0 Å². The summed E-state index contributed by atoms with van der Waals surface area (Å²) in [6.45, 7) is 0.375. The van der Waals surface area contributed by atoms with Gasteiger partial charge >= 0.3 is 0 Å². The Hall–Kier alpha value is -1.81. The van der Waals surface area contributed by atoms with Crippen LogP contribution >= 0.6 is 15.9 Å². The number of nitrogens with one attached hydrogen (secondary N) is 1. The summed E-state index contributed by atoms with van der Waals surface area (Å²) in [5, 5.41) is 3.69. The highest BCUT2D eigenvalue weighted by atomic mass is 79.9. The van der Waals surface area contributed by atoms with Crippen LogP contribution in [0.5, 0.6) is 5.75 Å². The molecular weight excluding hydrogens is 330 g/mol. The van der Waals surface area contributed by atoms with Crippen LogP contribution < -0.4 is 10.1 Å². The van der Waals surface area contributed by atoms with E-state index in [1.54, 1.807) is 0 Å². The molecule has 0 saturated carbocycles. The lowest BCUT2D eigenvalue weighted by molar-refractivity contribution is -0.122. The third kappa shape index (κ3) is 5.23. The molecule has 3 nitrogen and oxygen atoms in total. The van der Waals surface area contributed by atoms with E-state index < -0.39 is 0 Å². The lowest BCUT2D eigenvalue weighted by Crippen LogP contribution is -2.30. The minimum atomic E-state index is -0.0181. The number of carbonyl (C=O) groups excluding carboxylic acids is 1. The number of carbonyl (C=O) groups is 1. The van der Waals surface area contributed by atoms with E-state index in [-0.39, 0.29) is 11.9 Å². The van der Waals surface area contributed by atoms with Gasteiger partial charge in [-0.25, -0.2) is 0 Å². The Bertz CT molecular complexity index is 545. The van der Waals surface area contributed by atoms with Gasteiger partial charge in [-0.2, -0.15) is 0 Å². The number of hydrogen-bond acceptors (Lipinski definition) is 2. The van der Waals surface area contributed by atoms with Crippen molar-refractivity contribution in [2.24, 2.45) is 0 Å². The zero-order valence-electron chi connectivity index (χ0n) is 11.7. The van der Waals surface area contributed by atoms with Crippen molar-refractivity contribution in [1.29, 1.82) is 0 Å². The van der Waals surface area contributed by atoms with Gasteiger partial charge in [-0.05, 0) is 17.7 Å². The fourth-order valence-corrected chi connectivity index (χ4v) is 2.48. The van der Waals surface area contributed by atoms with E-state index in [1.165, 1.54) is 0 Å². The van der Waals surface area contributed by atoms with E-state index in [0.717, 1.165) is 11.3 Å². The van der Waals surface area contributed by atoms with E-state index in [1.807, 2.05) is 60.7 Å². The van der Waals surface area contributed by atoms with E-state index >= 15 is 0 Å². The Morgan fingerprint density at radius 3 is 2.29 bits per heavy atom. The van der Waals surface area contributed by atoms with Gasteiger partial charge in [0, 0.05) is 5.33 Å². The van der Waals surface area contributed by atoms with Gasteiger partial charge in [-0.15, -0.1) is 0 Å². The minimum absolute atomic E-state index is 0.0146. The van der Waals surface area contributed by atoms with Gasteiger partial charge in [0.15, 0.2) is 0 Å². The van der Waals surface area contributed by atoms with Crippen LogP contribution in [0.15, 0.2) is 60.7 Å². The molecule has 1 atom stereocenters. The first-order valence-electron chi connectivity index (χ1n) is 6.87. The number of para-hydroxylation sites is 1. The Balaban J connectivity index is 1.78. The van der Waals surface area contributed by atoms with Crippen LogP contribution in [0.25, 0.3) is 0 Å². The smallest absolute Gasteiger partial charge is 0.223 e. The molecule has 2 rings (SSSR count). The molecule has 0 bridgehead atoms. The normalized spacial score (nSPS) is 11.7. The van der Waals surface area contributed by atoms with Gasteiger partial charge < -0.3 is 10.1 Å². The average Bonchev–Trinajstić information content (AvgIpc) is 2.54. The first kappa shape index (κ1) is 15.6. The van der Waals surface area contributed by atoms with Crippen LogP contribution in [0.1, 0.15) is 18.0 Å². The standard InChI is InChI=1S/C17H18BrNO2/c18-13-16(14-7-3-1-4-8-14)19-17(20)11-12-21-15-9-5-2-6-10-15/h1-10,16H,11-13H2,(H,19,20). The minimum Gasteiger partial charge on any atom is -0.493 e. The molecule has 0 spiro atoms. The van der Waals surface area contributed by atoms with E-state index in [9.17, 15) is 4.79 Å². The summed E-state index contributed by atoms with van der Waals surface area (Å²) in [5.74, 6) is 0.768. The molecule has 110 valence electrons. The maximum atomic E-state index is 12.0. The van der Waals surface area contributed by atoms with Gasteiger partial charge in [0.25, 0.3) is 0 Å². The number of rotatable bonds is 7. The van der Waals surface area contributed by atoms with E-state index in [2.05, 4.69) is 21.2 Å². The maximum absolute atomic E-state index is 12.0. The molecule has 21 heavy (non-hydrogen) atoms. The van der Waals surface area contributed by atoms with Crippen molar-refractivity contribution in [3.8, 4) is 5.75 Å². The predicted octanol–water partition coefficient (Wildman–Crippen LogP) is 3.71. The fraction of sp³-hybridized carbons (Fsp3) is 0.235. The summed E-state index contributed by atoms with van der Waals surface area (Å²) < 4.78 is 5.53. The quantitative estimate of drug-likeness (QED) is 0.775. The van der Waals surface area contributed by atoms with E-state index in [4.69, 9.17) is 4.74 Å². The largest absolute Gasteiger partial charge is 0.493 e. The second kappa shape index (κ2) is 8.47. The molecule has 0 fully saturated rings. The highest BCUT2D eigenvalue weighted by molar-refractivity contribution is 9.09. The van der Waals surface area contributed by atoms with Crippen LogP contribution in [-0.4, -0.2) is 17.8 Å². The highest BCUT2D eigenvalue weighted by Crippen LogP contribution is 2.15. The molecule has 0 aromatic heterocycles. The first-order chi connectivity index (χ1) is 10.3. The van der Waals surface area contributed by atoms with Crippen molar-refractivity contribution in [2.45, 2.75) is 12.5 Å². The summed E-state index contributed by atoms with van der Waals surface area (Å²) >= 11 is 3.44. The highest BCUT2D eigenvalue weighted by Gasteiger charge is 2.12. The molecule has 0 heterocycles. The van der Waals surface area contributed by atoms with Crippen molar-refractivity contribution in [3.05, 3.63) is 66.2 Å². The molecule has 4 heteroatoms. The Kier molecular flexibility index (Phi) is 6.28. The van der Waals surface area contributed by atoms with Crippen LogP contribution in [0, 0.1) is 0 Å².